The lowest BCUT2D eigenvalue weighted by Crippen LogP contribution is -2.18. The molecule has 0 aliphatic heterocycles. The molecule has 0 bridgehead atoms. The number of rotatable bonds is 5. The molecular formula is C11H13N3O3. The Morgan fingerprint density at radius 1 is 1.65 bits per heavy atom. The van der Waals surface area contributed by atoms with Gasteiger partial charge in [-0.1, -0.05) is 6.92 Å². The number of hydrogen-bond acceptors (Lipinski definition) is 5. The van der Waals surface area contributed by atoms with Gasteiger partial charge >= 0.3 is 0 Å². The third-order valence-electron chi connectivity index (χ3n) is 2.32. The zero-order valence-electron chi connectivity index (χ0n) is 9.38. The molecule has 0 saturated heterocycles. The Morgan fingerprint density at radius 3 is 2.88 bits per heavy atom. The van der Waals surface area contributed by atoms with Crippen LogP contribution in [0.3, 0.4) is 0 Å². The number of nitrogens with one attached hydrogen (secondary N) is 1. The lowest BCUT2D eigenvalue weighted by Gasteiger charge is -2.10. The summed E-state index contributed by atoms with van der Waals surface area (Å²) in [5, 5.41) is 31.6. The summed E-state index contributed by atoms with van der Waals surface area (Å²) >= 11 is 0. The van der Waals surface area contributed by atoms with Crippen molar-refractivity contribution >= 4 is 11.4 Å². The zero-order chi connectivity index (χ0) is 12.8. The van der Waals surface area contributed by atoms with Crippen LogP contribution in [0.1, 0.15) is 18.9 Å². The highest BCUT2D eigenvalue weighted by Gasteiger charge is 2.15. The Bertz CT molecular complexity index is 454. The summed E-state index contributed by atoms with van der Waals surface area (Å²) in [4.78, 5) is 10.2. The molecule has 1 atom stereocenters. The lowest BCUT2D eigenvalue weighted by molar-refractivity contribution is -0.384. The van der Waals surface area contributed by atoms with Crippen LogP contribution in [-0.2, 0) is 0 Å². The minimum Gasteiger partial charge on any atom is -0.391 e. The summed E-state index contributed by atoms with van der Waals surface area (Å²) in [6.45, 7) is 2.06. The molecule has 1 rings (SSSR count). The number of nitriles is 1. The van der Waals surface area contributed by atoms with Crippen LogP contribution in [0, 0.1) is 21.4 Å². The normalized spacial score (nSPS) is 11.6. The highest BCUT2D eigenvalue weighted by atomic mass is 16.6. The van der Waals surface area contributed by atoms with Crippen molar-refractivity contribution in [2.75, 3.05) is 11.9 Å². The molecule has 0 radical (unpaired) electrons. The van der Waals surface area contributed by atoms with Crippen molar-refractivity contribution in [1.29, 1.82) is 5.26 Å². The van der Waals surface area contributed by atoms with E-state index in [9.17, 15) is 15.2 Å². The van der Waals surface area contributed by atoms with Crippen molar-refractivity contribution in [3.63, 3.8) is 0 Å². The van der Waals surface area contributed by atoms with Crippen molar-refractivity contribution in [2.45, 2.75) is 19.4 Å². The second-order valence-corrected chi connectivity index (χ2v) is 3.54. The molecule has 0 aliphatic rings. The summed E-state index contributed by atoms with van der Waals surface area (Å²) in [5.74, 6) is 0. The van der Waals surface area contributed by atoms with Gasteiger partial charge < -0.3 is 10.4 Å². The number of nitro groups is 1. The average Bonchev–Trinajstić information content (AvgIpc) is 2.35. The summed E-state index contributed by atoms with van der Waals surface area (Å²) in [7, 11) is 0. The van der Waals surface area contributed by atoms with Gasteiger partial charge in [0.05, 0.1) is 22.7 Å². The van der Waals surface area contributed by atoms with Crippen LogP contribution in [0.2, 0.25) is 0 Å². The minimum absolute atomic E-state index is 0.160. The fraction of sp³-hybridized carbons (Fsp3) is 0.364. The smallest absolute Gasteiger partial charge is 0.293 e. The largest absolute Gasteiger partial charge is 0.391 e. The fourth-order valence-corrected chi connectivity index (χ4v) is 1.27. The van der Waals surface area contributed by atoms with Crippen molar-refractivity contribution in [3.8, 4) is 6.07 Å². The van der Waals surface area contributed by atoms with Crippen LogP contribution in [0.4, 0.5) is 11.4 Å². The molecule has 1 aromatic rings. The molecule has 0 amide bonds. The molecule has 0 spiro atoms. The third-order valence-corrected chi connectivity index (χ3v) is 2.32. The maximum atomic E-state index is 10.8. The van der Waals surface area contributed by atoms with Gasteiger partial charge in [0, 0.05) is 12.6 Å². The van der Waals surface area contributed by atoms with E-state index in [1.165, 1.54) is 18.2 Å². The lowest BCUT2D eigenvalue weighted by atomic mass is 10.2. The Hall–Kier alpha value is -2.13. The van der Waals surface area contributed by atoms with E-state index in [4.69, 9.17) is 5.26 Å². The molecule has 1 unspecified atom stereocenters. The van der Waals surface area contributed by atoms with Crippen LogP contribution in [0.5, 0.6) is 0 Å². The van der Waals surface area contributed by atoms with E-state index in [0.29, 0.717) is 12.1 Å². The van der Waals surface area contributed by atoms with Crippen molar-refractivity contribution in [3.05, 3.63) is 33.9 Å². The van der Waals surface area contributed by atoms with E-state index in [1.807, 2.05) is 13.0 Å². The van der Waals surface area contributed by atoms with E-state index in [-0.39, 0.29) is 17.8 Å². The van der Waals surface area contributed by atoms with E-state index in [0.717, 1.165) is 0 Å². The van der Waals surface area contributed by atoms with E-state index >= 15 is 0 Å². The molecule has 90 valence electrons. The monoisotopic (exact) mass is 235 g/mol. The predicted molar refractivity (Wildman–Crippen MR) is 62.6 cm³/mol. The van der Waals surface area contributed by atoms with E-state index in [1.54, 1.807) is 0 Å². The highest BCUT2D eigenvalue weighted by molar-refractivity contribution is 5.64. The summed E-state index contributed by atoms with van der Waals surface area (Å²) in [5.41, 5.74) is 0.382. The predicted octanol–water partition coefficient (Wildman–Crippen LogP) is 1.65. The standard InChI is InChI=1S/C11H13N3O3/c1-2-9(15)7-13-10-4-3-8(6-12)5-11(10)14(16)17/h3-5,9,13,15H,2,7H2,1H3. The first-order valence-electron chi connectivity index (χ1n) is 5.19. The van der Waals surface area contributed by atoms with Gasteiger partial charge in [-0.3, -0.25) is 10.1 Å². The molecule has 1 aromatic carbocycles. The number of aliphatic hydroxyl groups excluding tert-OH is 1. The Balaban J connectivity index is 2.92. The van der Waals surface area contributed by atoms with Crippen molar-refractivity contribution in [2.24, 2.45) is 0 Å². The first-order valence-corrected chi connectivity index (χ1v) is 5.19. The number of aliphatic hydroxyl groups is 1. The Morgan fingerprint density at radius 2 is 2.35 bits per heavy atom. The van der Waals surface area contributed by atoms with Crippen LogP contribution >= 0.6 is 0 Å². The number of hydrogen-bond donors (Lipinski definition) is 2. The van der Waals surface area contributed by atoms with Gasteiger partial charge in [-0.15, -0.1) is 0 Å². The number of nitro benzene ring substituents is 1. The van der Waals surface area contributed by atoms with Gasteiger partial charge in [0.15, 0.2) is 0 Å². The summed E-state index contributed by atoms with van der Waals surface area (Å²) in [6.07, 6.45) is 0.0158. The maximum absolute atomic E-state index is 10.8. The highest BCUT2D eigenvalue weighted by Crippen LogP contribution is 2.25. The van der Waals surface area contributed by atoms with Crippen LogP contribution in [-0.4, -0.2) is 22.7 Å². The molecule has 0 aliphatic carbocycles. The molecule has 0 heterocycles. The van der Waals surface area contributed by atoms with Gasteiger partial charge in [0.25, 0.3) is 5.69 Å². The zero-order valence-corrected chi connectivity index (χ0v) is 9.38. The van der Waals surface area contributed by atoms with Gasteiger partial charge in [0.2, 0.25) is 0 Å². The number of anilines is 1. The average molecular weight is 235 g/mol. The molecule has 0 saturated carbocycles. The first-order chi connectivity index (χ1) is 8.08. The molecule has 6 nitrogen and oxygen atoms in total. The molecule has 0 fully saturated rings. The van der Waals surface area contributed by atoms with E-state index < -0.39 is 11.0 Å². The van der Waals surface area contributed by atoms with E-state index in [2.05, 4.69) is 5.32 Å². The van der Waals surface area contributed by atoms with Crippen LogP contribution in [0.15, 0.2) is 18.2 Å². The quantitative estimate of drug-likeness (QED) is 0.597. The molecular weight excluding hydrogens is 222 g/mol. The van der Waals surface area contributed by atoms with Gasteiger partial charge in [-0.25, -0.2) is 0 Å². The van der Waals surface area contributed by atoms with Crippen LogP contribution < -0.4 is 5.32 Å². The number of nitrogens with zero attached hydrogens (tertiary/aromatic N) is 2. The Kier molecular flexibility index (Phi) is 4.43. The summed E-state index contributed by atoms with van der Waals surface area (Å²) in [6, 6.07) is 6.02. The minimum atomic E-state index is -0.554. The van der Waals surface area contributed by atoms with Gasteiger partial charge in [0.1, 0.15) is 5.69 Å². The topological polar surface area (TPSA) is 99.2 Å². The van der Waals surface area contributed by atoms with Crippen LogP contribution in [0.25, 0.3) is 0 Å². The maximum Gasteiger partial charge on any atom is 0.293 e. The molecule has 17 heavy (non-hydrogen) atoms. The second kappa shape index (κ2) is 5.82. The number of benzene rings is 1. The van der Waals surface area contributed by atoms with Gasteiger partial charge in [-0.05, 0) is 18.6 Å². The van der Waals surface area contributed by atoms with Gasteiger partial charge in [-0.2, -0.15) is 5.26 Å². The van der Waals surface area contributed by atoms with Crippen molar-refractivity contribution < 1.29 is 10.0 Å². The third kappa shape index (κ3) is 3.43. The first kappa shape index (κ1) is 12.9. The molecule has 2 N–H and O–H groups in total. The molecule has 6 heteroatoms. The SMILES string of the molecule is CCC(O)CNc1ccc(C#N)cc1[N+](=O)[O-]. The summed E-state index contributed by atoms with van der Waals surface area (Å²) < 4.78 is 0. The van der Waals surface area contributed by atoms with Crippen molar-refractivity contribution in [1.82, 2.24) is 0 Å². The second-order valence-electron chi connectivity index (χ2n) is 3.54. The fourth-order valence-electron chi connectivity index (χ4n) is 1.27. The Labute approximate surface area is 98.6 Å². The molecule has 0 aromatic heterocycles.